The van der Waals surface area contributed by atoms with Gasteiger partial charge in [-0.2, -0.15) is 5.10 Å². The van der Waals surface area contributed by atoms with Crippen molar-refractivity contribution in [3.05, 3.63) is 57.1 Å². The molecule has 36 heavy (non-hydrogen) atoms. The zero-order valence-electron chi connectivity index (χ0n) is 18.4. The van der Waals surface area contributed by atoms with E-state index in [2.05, 4.69) is 20.6 Å². The van der Waals surface area contributed by atoms with E-state index in [9.17, 15) is 32.7 Å². The Morgan fingerprint density at radius 1 is 1.06 bits per heavy atom. The van der Waals surface area contributed by atoms with Crippen LogP contribution < -0.4 is 15.5 Å². The number of hydrogen-bond donors (Lipinski definition) is 4. The first kappa shape index (κ1) is 26.7. The van der Waals surface area contributed by atoms with Crippen molar-refractivity contribution in [3.63, 3.8) is 0 Å². The lowest BCUT2D eigenvalue weighted by atomic mass is 10.1. The number of ether oxygens (including phenoxy) is 1. The Hall–Kier alpha value is -3.91. The lowest BCUT2D eigenvalue weighted by Crippen LogP contribution is -2.25. The predicted molar refractivity (Wildman–Crippen MR) is 127 cm³/mol. The van der Waals surface area contributed by atoms with Gasteiger partial charge >= 0.3 is 12.3 Å². The van der Waals surface area contributed by atoms with E-state index in [0.717, 1.165) is 34.8 Å². The molecule has 9 nitrogen and oxygen atoms in total. The minimum atomic E-state index is -4.81. The van der Waals surface area contributed by atoms with Crippen LogP contribution in [-0.2, 0) is 4.79 Å². The number of carboxylic acids is 1. The van der Waals surface area contributed by atoms with Gasteiger partial charge in [-0.1, -0.05) is 0 Å². The van der Waals surface area contributed by atoms with Gasteiger partial charge in [-0.25, -0.2) is 5.43 Å². The molecule has 0 fully saturated rings. The van der Waals surface area contributed by atoms with E-state index in [4.69, 9.17) is 5.11 Å². The maximum atomic E-state index is 12.4. The summed E-state index contributed by atoms with van der Waals surface area (Å²) in [5, 5.41) is 27.2. The number of thiophene rings is 2. The van der Waals surface area contributed by atoms with E-state index in [-0.39, 0.29) is 34.2 Å². The molecule has 0 aliphatic heterocycles. The van der Waals surface area contributed by atoms with Crippen LogP contribution in [0.1, 0.15) is 38.3 Å². The van der Waals surface area contributed by atoms with Gasteiger partial charge in [-0.05, 0) is 48.9 Å². The maximum absolute atomic E-state index is 12.4. The number of carboxylic acid groups (broad SMARTS) is 1. The number of nitrogens with one attached hydrogen (secondary N) is 2. The minimum absolute atomic E-state index is 0.0469. The molecule has 0 spiro atoms. The van der Waals surface area contributed by atoms with Gasteiger partial charge in [-0.3, -0.25) is 14.4 Å². The van der Waals surface area contributed by atoms with E-state index in [1.807, 2.05) is 0 Å². The van der Waals surface area contributed by atoms with Crippen LogP contribution >= 0.6 is 22.7 Å². The molecule has 2 aromatic heterocycles. The summed E-state index contributed by atoms with van der Waals surface area (Å²) < 4.78 is 40.8. The highest BCUT2D eigenvalue weighted by Gasteiger charge is 2.31. The third kappa shape index (κ3) is 7.05. The third-order valence-electron chi connectivity index (χ3n) is 4.51. The first-order chi connectivity index (χ1) is 16.9. The fourth-order valence-electron chi connectivity index (χ4n) is 2.82. The van der Waals surface area contributed by atoms with E-state index < -0.39 is 29.9 Å². The zero-order chi connectivity index (χ0) is 26.5. The average Bonchev–Trinajstić information content (AvgIpc) is 3.44. The highest BCUT2D eigenvalue weighted by molar-refractivity contribution is 7.16. The Morgan fingerprint density at radius 2 is 1.69 bits per heavy atom. The van der Waals surface area contributed by atoms with Gasteiger partial charge in [0.1, 0.15) is 11.5 Å². The molecule has 0 unspecified atom stereocenters. The first-order valence-electron chi connectivity index (χ1n) is 10.1. The second-order valence-electron chi connectivity index (χ2n) is 7.10. The molecular weight excluding hydrogens is 523 g/mol. The van der Waals surface area contributed by atoms with Crippen LogP contribution in [0.15, 0.2) is 46.9 Å². The highest BCUT2D eigenvalue weighted by atomic mass is 32.1. The average molecular weight is 542 g/mol. The Labute approximate surface area is 209 Å². The normalized spacial score (nSPS) is 11.7. The number of aliphatic carboxylic acids is 1. The highest BCUT2D eigenvalue weighted by Crippen LogP contribution is 2.39. The van der Waals surface area contributed by atoms with Gasteiger partial charge in [0.15, 0.2) is 0 Å². The van der Waals surface area contributed by atoms with Crippen LogP contribution in [0.3, 0.4) is 0 Å². The summed E-state index contributed by atoms with van der Waals surface area (Å²) in [6, 6.07) is 7.85. The van der Waals surface area contributed by atoms with Crippen LogP contribution in [0.4, 0.5) is 13.2 Å². The summed E-state index contributed by atoms with van der Waals surface area (Å²) in [6.45, 7) is 1.50. The molecule has 4 N–H and O–H groups in total. The fraction of sp³-hybridized carbons (Fsp3) is 0.182. The second kappa shape index (κ2) is 11.2. The van der Waals surface area contributed by atoms with Gasteiger partial charge in [0.25, 0.3) is 11.8 Å². The number of benzene rings is 1. The van der Waals surface area contributed by atoms with Crippen LogP contribution in [-0.4, -0.2) is 46.6 Å². The van der Waals surface area contributed by atoms with Gasteiger partial charge in [0.05, 0.1) is 32.3 Å². The van der Waals surface area contributed by atoms with Crippen molar-refractivity contribution in [2.45, 2.75) is 19.7 Å². The van der Waals surface area contributed by atoms with Crippen molar-refractivity contribution in [1.29, 1.82) is 0 Å². The number of nitrogens with zero attached hydrogens (tertiary/aromatic N) is 1. The number of amides is 2. The molecule has 0 saturated heterocycles. The van der Waals surface area contributed by atoms with Crippen molar-refractivity contribution >= 4 is 46.2 Å². The van der Waals surface area contributed by atoms with E-state index in [0.29, 0.717) is 16.0 Å². The van der Waals surface area contributed by atoms with Gasteiger partial charge < -0.3 is 20.3 Å². The Balaban J connectivity index is 1.64. The SMILES string of the molecule is C/C(=N\NC(=O)c1ccc(C(=O)NCCC(=O)O)s1)c1csc(-c2ccc(OC(F)(F)F)cc2)c1O. The van der Waals surface area contributed by atoms with Crippen molar-refractivity contribution in [2.75, 3.05) is 6.54 Å². The number of rotatable bonds is 9. The van der Waals surface area contributed by atoms with Gasteiger partial charge in [-0.15, -0.1) is 35.8 Å². The molecule has 0 bridgehead atoms. The molecule has 14 heteroatoms. The summed E-state index contributed by atoms with van der Waals surface area (Å²) in [7, 11) is 0. The molecule has 2 heterocycles. The quantitative estimate of drug-likeness (QED) is 0.234. The van der Waals surface area contributed by atoms with Crippen LogP contribution in [0, 0.1) is 0 Å². The first-order valence-corrected chi connectivity index (χ1v) is 11.8. The smallest absolute Gasteiger partial charge is 0.506 e. The number of hydrogen-bond acceptors (Lipinski definition) is 8. The molecule has 2 amide bonds. The predicted octanol–water partition coefficient (Wildman–Crippen LogP) is 4.44. The lowest BCUT2D eigenvalue weighted by Gasteiger charge is -2.09. The number of aromatic hydroxyl groups is 1. The fourth-order valence-corrected chi connectivity index (χ4v) is 4.65. The number of carbonyl (C=O) groups is 3. The topological polar surface area (TPSA) is 137 Å². The van der Waals surface area contributed by atoms with E-state index >= 15 is 0 Å². The molecule has 0 radical (unpaired) electrons. The molecule has 1 aromatic carbocycles. The maximum Gasteiger partial charge on any atom is 0.573 e. The van der Waals surface area contributed by atoms with Gasteiger partial charge in [0.2, 0.25) is 0 Å². The Morgan fingerprint density at radius 3 is 2.31 bits per heavy atom. The Bertz CT molecular complexity index is 1300. The minimum Gasteiger partial charge on any atom is -0.506 e. The van der Waals surface area contributed by atoms with Crippen molar-refractivity contribution in [2.24, 2.45) is 5.10 Å². The van der Waals surface area contributed by atoms with Crippen LogP contribution in [0.25, 0.3) is 10.4 Å². The molecular formula is C22H18F3N3O6S2. The lowest BCUT2D eigenvalue weighted by molar-refractivity contribution is -0.274. The van der Waals surface area contributed by atoms with Crippen molar-refractivity contribution in [1.82, 2.24) is 10.7 Å². The largest absolute Gasteiger partial charge is 0.573 e. The molecule has 0 aliphatic rings. The summed E-state index contributed by atoms with van der Waals surface area (Å²) >= 11 is 2.03. The van der Waals surface area contributed by atoms with E-state index in [1.165, 1.54) is 24.3 Å². The number of carbonyl (C=O) groups excluding carboxylic acids is 2. The molecule has 190 valence electrons. The standard InChI is InChI=1S/C22H18F3N3O6S2/c1-11(27-28-21(33)16-7-6-15(36-16)20(32)26-9-8-17(29)30)14-10-35-19(18(14)31)12-2-4-13(5-3-12)34-22(23,24)25/h2-7,10,31H,8-9H2,1H3,(H,26,32)(H,28,33)(H,29,30)/b27-11+. The summed E-state index contributed by atoms with van der Waals surface area (Å²) in [6.07, 6.45) is -5.04. The molecule has 3 rings (SSSR count). The van der Waals surface area contributed by atoms with Crippen LogP contribution in [0.2, 0.25) is 0 Å². The molecule has 0 atom stereocenters. The van der Waals surface area contributed by atoms with Crippen LogP contribution in [0.5, 0.6) is 11.5 Å². The molecule has 0 aliphatic carbocycles. The molecule has 3 aromatic rings. The monoisotopic (exact) mass is 541 g/mol. The third-order valence-corrected chi connectivity index (χ3v) is 6.61. The Kier molecular flexibility index (Phi) is 8.32. The summed E-state index contributed by atoms with van der Waals surface area (Å²) in [4.78, 5) is 35.7. The molecule has 0 saturated carbocycles. The second-order valence-corrected chi connectivity index (χ2v) is 9.06. The van der Waals surface area contributed by atoms with Gasteiger partial charge in [0, 0.05) is 11.9 Å². The zero-order valence-corrected chi connectivity index (χ0v) is 20.0. The summed E-state index contributed by atoms with van der Waals surface area (Å²) in [5.74, 6) is -2.70. The van der Waals surface area contributed by atoms with Crippen molar-refractivity contribution < 1.29 is 42.5 Å². The number of halogens is 3. The number of alkyl halides is 3. The van der Waals surface area contributed by atoms with E-state index in [1.54, 1.807) is 12.3 Å². The van der Waals surface area contributed by atoms with Crippen molar-refractivity contribution in [3.8, 4) is 21.9 Å². The number of hydrazone groups is 1. The summed E-state index contributed by atoms with van der Waals surface area (Å²) in [5.41, 5.74) is 3.38.